The molecule has 2 aromatic rings. The van der Waals surface area contributed by atoms with E-state index < -0.39 is 0 Å². The Morgan fingerprint density at radius 1 is 1.57 bits per heavy atom. The molecule has 3 rings (SSSR count). The summed E-state index contributed by atoms with van der Waals surface area (Å²) >= 11 is 1.70. The van der Waals surface area contributed by atoms with Crippen molar-refractivity contribution in [2.75, 3.05) is 6.54 Å². The number of thiophene rings is 1. The minimum absolute atomic E-state index is 0.0607. The summed E-state index contributed by atoms with van der Waals surface area (Å²) in [4.78, 5) is 20.2. The summed E-state index contributed by atoms with van der Waals surface area (Å²) < 4.78 is 2.13. The number of likely N-dealkylation sites (tertiary alicyclic amines) is 1. The second kappa shape index (κ2) is 7.17. The largest absolute Gasteiger partial charge is 0.333 e. The van der Waals surface area contributed by atoms with Crippen molar-refractivity contribution in [2.45, 2.75) is 51.7 Å². The molecule has 0 aromatic carbocycles. The molecular formula is C17H24N4OS. The SMILES string of the molecule is CC[C@H](NC(=O)N1CCC[C@H]1Cn1ccnc1C)c1cccs1. The molecule has 0 bridgehead atoms. The van der Waals surface area contributed by atoms with Crippen molar-refractivity contribution >= 4 is 17.4 Å². The van der Waals surface area contributed by atoms with Crippen LogP contribution in [-0.2, 0) is 6.54 Å². The van der Waals surface area contributed by atoms with E-state index in [-0.39, 0.29) is 18.1 Å². The highest BCUT2D eigenvalue weighted by atomic mass is 32.1. The van der Waals surface area contributed by atoms with Crippen molar-refractivity contribution in [3.8, 4) is 0 Å². The van der Waals surface area contributed by atoms with E-state index in [4.69, 9.17) is 0 Å². The molecule has 1 saturated heterocycles. The summed E-state index contributed by atoms with van der Waals surface area (Å²) in [6.45, 7) is 5.78. The molecule has 2 aromatic heterocycles. The number of rotatable bonds is 5. The molecule has 1 fully saturated rings. The molecule has 2 atom stereocenters. The highest BCUT2D eigenvalue weighted by molar-refractivity contribution is 7.10. The van der Waals surface area contributed by atoms with Crippen molar-refractivity contribution in [1.29, 1.82) is 0 Å². The fourth-order valence-electron chi connectivity index (χ4n) is 3.21. The second-order valence-corrected chi connectivity index (χ2v) is 7.02. The number of carbonyl (C=O) groups excluding carboxylic acids is 1. The van der Waals surface area contributed by atoms with Crippen LogP contribution in [0, 0.1) is 6.92 Å². The smallest absolute Gasteiger partial charge is 0.318 e. The molecule has 23 heavy (non-hydrogen) atoms. The Morgan fingerprint density at radius 3 is 3.09 bits per heavy atom. The average molecular weight is 332 g/mol. The number of urea groups is 1. The molecule has 1 N–H and O–H groups in total. The maximum Gasteiger partial charge on any atom is 0.318 e. The molecule has 2 amide bonds. The van der Waals surface area contributed by atoms with E-state index in [1.54, 1.807) is 11.3 Å². The normalized spacial score (nSPS) is 19.0. The Kier molecular flexibility index (Phi) is 5.00. The van der Waals surface area contributed by atoms with Gasteiger partial charge in [0.2, 0.25) is 0 Å². The van der Waals surface area contributed by atoms with Gasteiger partial charge in [0.1, 0.15) is 5.82 Å². The average Bonchev–Trinajstić information content (AvgIpc) is 3.28. The number of carbonyl (C=O) groups is 1. The topological polar surface area (TPSA) is 50.2 Å². The molecule has 1 aliphatic rings. The number of aryl methyl sites for hydroxylation is 1. The van der Waals surface area contributed by atoms with Crippen LogP contribution >= 0.6 is 11.3 Å². The van der Waals surface area contributed by atoms with Gasteiger partial charge in [-0.3, -0.25) is 0 Å². The van der Waals surface area contributed by atoms with E-state index in [2.05, 4.69) is 33.2 Å². The van der Waals surface area contributed by atoms with E-state index >= 15 is 0 Å². The van der Waals surface area contributed by atoms with Crippen LogP contribution < -0.4 is 5.32 Å². The number of hydrogen-bond acceptors (Lipinski definition) is 3. The first kappa shape index (κ1) is 16.1. The Hall–Kier alpha value is -1.82. The van der Waals surface area contributed by atoms with Gasteiger partial charge < -0.3 is 14.8 Å². The summed E-state index contributed by atoms with van der Waals surface area (Å²) in [7, 11) is 0. The number of nitrogens with one attached hydrogen (secondary N) is 1. The van der Waals surface area contributed by atoms with Crippen LogP contribution in [0.5, 0.6) is 0 Å². The van der Waals surface area contributed by atoms with Gasteiger partial charge in [0, 0.05) is 30.4 Å². The molecule has 1 aliphatic heterocycles. The number of aromatic nitrogens is 2. The summed E-state index contributed by atoms with van der Waals surface area (Å²) in [5, 5.41) is 5.27. The van der Waals surface area contributed by atoms with Gasteiger partial charge in [-0.2, -0.15) is 0 Å². The summed E-state index contributed by atoms with van der Waals surface area (Å²) in [6, 6.07) is 4.55. The fraction of sp³-hybridized carbons (Fsp3) is 0.529. The Labute approximate surface area is 141 Å². The molecule has 0 unspecified atom stereocenters. The molecule has 0 saturated carbocycles. The highest BCUT2D eigenvalue weighted by Crippen LogP contribution is 2.24. The monoisotopic (exact) mass is 332 g/mol. The zero-order valence-corrected chi connectivity index (χ0v) is 14.6. The molecule has 6 heteroatoms. The van der Waals surface area contributed by atoms with Gasteiger partial charge in [0.15, 0.2) is 0 Å². The zero-order chi connectivity index (χ0) is 16.2. The Balaban J connectivity index is 1.64. The van der Waals surface area contributed by atoms with Crippen LogP contribution in [0.25, 0.3) is 0 Å². The van der Waals surface area contributed by atoms with Gasteiger partial charge in [0.05, 0.1) is 12.1 Å². The van der Waals surface area contributed by atoms with Crippen molar-refractivity contribution in [2.24, 2.45) is 0 Å². The van der Waals surface area contributed by atoms with Gasteiger partial charge in [-0.1, -0.05) is 13.0 Å². The van der Waals surface area contributed by atoms with E-state index in [9.17, 15) is 4.79 Å². The molecule has 0 aliphatic carbocycles. The first-order valence-corrected chi connectivity index (χ1v) is 9.15. The predicted octanol–water partition coefficient (Wildman–Crippen LogP) is 3.58. The van der Waals surface area contributed by atoms with E-state index in [1.165, 1.54) is 4.88 Å². The maximum absolute atomic E-state index is 12.7. The summed E-state index contributed by atoms with van der Waals surface area (Å²) in [5.74, 6) is 1.00. The fourth-order valence-corrected chi connectivity index (χ4v) is 4.07. The molecular weight excluding hydrogens is 308 g/mol. The number of amides is 2. The van der Waals surface area contributed by atoms with Gasteiger partial charge in [0.25, 0.3) is 0 Å². The predicted molar refractivity (Wildman–Crippen MR) is 92.6 cm³/mol. The molecule has 0 spiro atoms. The van der Waals surface area contributed by atoms with Gasteiger partial charge in [-0.15, -0.1) is 11.3 Å². The third kappa shape index (κ3) is 3.58. The third-order valence-corrected chi connectivity index (χ3v) is 5.55. The van der Waals surface area contributed by atoms with Gasteiger partial charge in [-0.25, -0.2) is 9.78 Å². The van der Waals surface area contributed by atoms with Crippen LogP contribution in [-0.4, -0.2) is 33.1 Å². The lowest BCUT2D eigenvalue weighted by Gasteiger charge is -2.28. The molecule has 3 heterocycles. The van der Waals surface area contributed by atoms with Crippen molar-refractivity contribution in [3.05, 3.63) is 40.6 Å². The molecule has 124 valence electrons. The van der Waals surface area contributed by atoms with Crippen molar-refractivity contribution in [3.63, 3.8) is 0 Å². The lowest BCUT2D eigenvalue weighted by molar-refractivity contribution is 0.183. The van der Waals surface area contributed by atoms with Crippen molar-refractivity contribution in [1.82, 2.24) is 19.8 Å². The lowest BCUT2D eigenvalue weighted by Crippen LogP contribution is -2.45. The maximum atomic E-state index is 12.7. The molecule has 0 radical (unpaired) electrons. The van der Waals surface area contributed by atoms with Gasteiger partial charge in [-0.05, 0) is 37.6 Å². The third-order valence-electron chi connectivity index (χ3n) is 4.56. The Morgan fingerprint density at radius 2 is 2.43 bits per heavy atom. The summed E-state index contributed by atoms with van der Waals surface area (Å²) in [6.07, 6.45) is 6.84. The van der Waals surface area contributed by atoms with Gasteiger partial charge >= 0.3 is 6.03 Å². The van der Waals surface area contributed by atoms with Crippen LogP contribution in [0.4, 0.5) is 4.79 Å². The van der Waals surface area contributed by atoms with Crippen molar-refractivity contribution < 1.29 is 4.79 Å². The van der Waals surface area contributed by atoms with E-state index in [0.717, 1.165) is 38.2 Å². The quantitative estimate of drug-likeness (QED) is 0.910. The summed E-state index contributed by atoms with van der Waals surface area (Å²) in [5.41, 5.74) is 0. The van der Waals surface area contributed by atoms with E-state index in [0.29, 0.717) is 0 Å². The first-order chi connectivity index (χ1) is 11.2. The van der Waals surface area contributed by atoms with E-state index in [1.807, 2.05) is 30.3 Å². The number of imidazole rings is 1. The standard InChI is InChI=1S/C17H24N4OS/c1-3-15(16-7-5-11-23-16)19-17(22)21-9-4-6-14(21)12-20-10-8-18-13(20)2/h5,7-8,10-11,14-15H,3-4,6,9,12H2,1-2H3,(H,19,22)/t14-,15-/m0/s1. The Bertz CT molecular complexity index is 637. The second-order valence-electron chi connectivity index (χ2n) is 6.04. The molecule has 5 nitrogen and oxygen atoms in total. The number of nitrogens with zero attached hydrogens (tertiary/aromatic N) is 3. The minimum Gasteiger partial charge on any atom is -0.333 e. The minimum atomic E-state index is 0.0607. The number of hydrogen-bond donors (Lipinski definition) is 1. The first-order valence-electron chi connectivity index (χ1n) is 8.27. The van der Waals surface area contributed by atoms with Crippen LogP contribution in [0.2, 0.25) is 0 Å². The highest BCUT2D eigenvalue weighted by Gasteiger charge is 2.30. The van der Waals surface area contributed by atoms with Crippen LogP contribution in [0.3, 0.4) is 0 Å². The lowest BCUT2D eigenvalue weighted by atomic mass is 10.2. The van der Waals surface area contributed by atoms with Crippen LogP contribution in [0.1, 0.15) is 42.9 Å². The zero-order valence-electron chi connectivity index (χ0n) is 13.7. The van der Waals surface area contributed by atoms with Crippen LogP contribution in [0.15, 0.2) is 29.9 Å².